The quantitative estimate of drug-likeness (QED) is 0.799. The van der Waals surface area contributed by atoms with E-state index in [4.69, 9.17) is 11.6 Å². The number of benzene rings is 2. The fourth-order valence-electron chi connectivity index (χ4n) is 2.40. The summed E-state index contributed by atoms with van der Waals surface area (Å²) < 4.78 is 3.06. The molecule has 21 heavy (non-hydrogen) atoms. The molecule has 1 heterocycles. The number of anilines is 1. The van der Waals surface area contributed by atoms with Crippen molar-refractivity contribution in [3.8, 4) is 0 Å². The van der Waals surface area contributed by atoms with Crippen LogP contribution in [0.3, 0.4) is 0 Å². The van der Waals surface area contributed by atoms with Crippen molar-refractivity contribution in [3.05, 3.63) is 64.7 Å². The molecule has 1 unspecified atom stereocenters. The first-order valence-electron chi connectivity index (χ1n) is 6.51. The molecule has 4 nitrogen and oxygen atoms in total. The third-order valence-electron chi connectivity index (χ3n) is 3.55. The highest BCUT2D eigenvalue weighted by Crippen LogP contribution is 2.46. The maximum absolute atomic E-state index is 12.6. The summed E-state index contributed by atoms with van der Waals surface area (Å²) in [7, 11) is -0.633. The molecule has 2 aromatic rings. The molecular weight excluding hydrogens is 307 g/mol. The lowest BCUT2D eigenvalue weighted by Gasteiger charge is -2.38. The number of rotatable bonds is 2. The predicted octanol–water partition coefficient (Wildman–Crippen LogP) is 2.75. The first-order valence-corrected chi connectivity index (χ1v) is 8.19. The number of hydrogen-bond acceptors (Lipinski definition) is 3. The molecule has 0 saturated heterocycles. The lowest BCUT2D eigenvalue weighted by atomic mass is 10.1. The average Bonchev–Trinajstić information content (AvgIpc) is 2.51. The Morgan fingerprint density at radius 2 is 1.81 bits per heavy atom. The largest absolute Gasteiger partial charge is 0.644 e. The minimum atomic E-state index is -2.38. The third-order valence-corrected chi connectivity index (χ3v) is 5.55. The molecule has 0 N–H and O–H groups in total. The van der Waals surface area contributed by atoms with Gasteiger partial charge in [-0.1, -0.05) is 41.9 Å². The van der Waals surface area contributed by atoms with Gasteiger partial charge in [0.25, 0.3) is 5.91 Å². The lowest BCUT2D eigenvalue weighted by Crippen LogP contribution is -2.40. The molecule has 0 radical (unpaired) electrons. The van der Waals surface area contributed by atoms with Crippen molar-refractivity contribution >= 4 is 31.6 Å². The van der Waals surface area contributed by atoms with Gasteiger partial charge in [-0.15, -0.1) is 0 Å². The highest BCUT2D eigenvalue weighted by molar-refractivity contribution is 7.50. The number of carbonyl (C=O) groups is 1. The molecule has 0 aliphatic carbocycles. The summed E-state index contributed by atoms with van der Waals surface area (Å²) in [6, 6.07) is 14.5. The molecule has 0 saturated carbocycles. The van der Waals surface area contributed by atoms with E-state index in [1.807, 2.05) is 30.3 Å². The van der Waals surface area contributed by atoms with E-state index in [-0.39, 0.29) is 12.5 Å². The second-order valence-electron chi connectivity index (χ2n) is 4.84. The fourth-order valence-corrected chi connectivity index (χ4v) is 3.96. The summed E-state index contributed by atoms with van der Waals surface area (Å²) in [4.78, 5) is 25.2. The molecule has 0 fully saturated rings. The van der Waals surface area contributed by atoms with Gasteiger partial charge in [-0.3, -0.25) is 4.79 Å². The Morgan fingerprint density at radius 3 is 2.57 bits per heavy atom. The van der Waals surface area contributed by atoms with Crippen molar-refractivity contribution in [1.82, 2.24) is 4.67 Å². The van der Waals surface area contributed by atoms with Crippen LogP contribution in [0.4, 0.5) is 5.69 Å². The fraction of sp³-hybridized carbons (Fsp3) is 0.133. The van der Waals surface area contributed by atoms with Gasteiger partial charge < -0.3 is 4.89 Å². The maximum atomic E-state index is 12.6. The van der Waals surface area contributed by atoms with Crippen molar-refractivity contribution in [2.45, 2.75) is 6.54 Å². The minimum absolute atomic E-state index is 0.215. The Morgan fingerprint density at radius 1 is 1.14 bits per heavy atom. The summed E-state index contributed by atoms with van der Waals surface area (Å²) in [5.74, 6) is -0.215. The summed E-state index contributed by atoms with van der Waals surface area (Å²) >= 11 is 6.13. The smallest absolute Gasteiger partial charge is 0.289 e. The second kappa shape index (κ2) is 5.64. The number of hydrogen-bond donors (Lipinski definition) is 0. The zero-order valence-electron chi connectivity index (χ0n) is 11.4. The van der Waals surface area contributed by atoms with Gasteiger partial charge in [0.1, 0.15) is 8.45 Å². The van der Waals surface area contributed by atoms with Crippen molar-refractivity contribution in [2.24, 2.45) is 0 Å². The predicted molar refractivity (Wildman–Crippen MR) is 84.5 cm³/mol. The number of amides is 1. The van der Waals surface area contributed by atoms with Gasteiger partial charge in [-0.2, -0.15) is 4.67 Å². The van der Waals surface area contributed by atoms with E-state index >= 15 is 0 Å². The van der Waals surface area contributed by atoms with E-state index < -0.39 is 8.45 Å². The van der Waals surface area contributed by atoms with Crippen LogP contribution in [-0.4, -0.2) is 17.6 Å². The van der Waals surface area contributed by atoms with Crippen molar-refractivity contribution in [2.75, 3.05) is 11.7 Å². The Bertz CT molecular complexity index is 695. The Hall–Kier alpha value is -1.61. The standard InChI is InChI=1S/C15H14ClN2O2P/c1-17-14-9-5-3-7-12(14)15(19)18(21(17)20)10-11-6-2-4-8-13(11)16/h2-9,21H,10H2,1H3. The van der Waals surface area contributed by atoms with Crippen LogP contribution in [0.2, 0.25) is 5.02 Å². The highest BCUT2D eigenvalue weighted by atomic mass is 35.5. The molecule has 1 amide bonds. The molecule has 3 rings (SSSR count). The molecule has 108 valence electrons. The molecule has 1 atom stereocenters. The van der Waals surface area contributed by atoms with E-state index in [1.54, 1.807) is 29.9 Å². The topological polar surface area (TPSA) is 46.6 Å². The van der Waals surface area contributed by atoms with E-state index in [2.05, 4.69) is 0 Å². The van der Waals surface area contributed by atoms with Crippen molar-refractivity contribution in [3.63, 3.8) is 0 Å². The van der Waals surface area contributed by atoms with Crippen molar-refractivity contribution in [1.29, 1.82) is 0 Å². The highest BCUT2D eigenvalue weighted by Gasteiger charge is 2.36. The van der Waals surface area contributed by atoms with Crippen molar-refractivity contribution < 1.29 is 9.69 Å². The monoisotopic (exact) mass is 320 g/mol. The van der Waals surface area contributed by atoms with Gasteiger partial charge in [0.05, 0.1) is 17.8 Å². The zero-order valence-corrected chi connectivity index (χ0v) is 13.2. The summed E-state index contributed by atoms with van der Waals surface area (Å²) in [6.07, 6.45) is 0. The van der Waals surface area contributed by atoms with Gasteiger partial charge in [0.2, 0.25) is 0 Å². The van der Waals surface area contributed by atoms with Crippen LogP contribution in [-0.2, 0) is 6.54 Å². The molecule has 2 aromatic carbocycles. The zero-order chi connectivity index (χ0) is 15.0. The molecule has 0 aromatic heterocycles. The van der Waals surface area contributed by atoms with Gasteiger partial charge in [0.15, 0.2) is 0 Å². The van der Waals surface area contributed by atoms with Gasteiger partial charge in [-0.25, -0.2) is 4.67 Å². The SMILES string of the molecule is CN1c2ccccc2C(=O)N(Cc2ccccc2Cl)[PH+]1[O-]. The lowest BCUT2D eigenvalue weighted by molar-refractivity contribution is -0.169. The Kier molecular flexibility index (Phi) is 3.85. The van der Waals surface area contributed by atoms with Crippen LogP contribution in [0.1, 0.15) is 15.9 Å². The molecule has 0 spiro atoms. The average molecular weight is 321 g/mol. The van der Waals surface area contributed by atoms with Crippen LogP contribution in [0, 0.1) is 0 Å². The number of nitrogens with zero attached hydrogens (tertiary/aromatic N) is 2. The maximum Gasteiger partial charge on any atom is 0.289 e. The van der Waals surface area contributed by atoms with Crippen LogP contribution in [0.15, 0.2) is 48.5 Å². The normalized spacial score (nSPS) is 17.9. The first kappa shape index (κ1) is 14.3. The Labute approximate surface area is 129 Å². The number of fused-ring (bicyclic) bond motifs is 1. The molecule has 6 heteroatoms. The van der Waals surface area contributed by atoms with Gasteiger partial charge in [-0.05, 0) is 23.8 Å². The van der Waals surface area contributed by atoms with E-state index in [0.29, 0.717) is 16.3 Å². The minimum Gasteiger partial charge on any atom is -0.644 e. The van der Waals surface area contributed by atoms with E-state index in [0.717, 1.165) is 5.56 Å². The van der Waals surface area contributed by atoms with Crippen LogP contribution in [0.25, 0.3) is 0 Å². The number of carbonyl (C=O) groups excluding carboxylic acids is 1. The molecule has 1 aliphatic heterocycles. The van der Waals surface area contributed by atoms with E-state index in [9.17, 15) is 9.69 Å². The second-order valence-corrected chi connectivity index (χ2v) is 7.02. The van der Waals surface area contributed by atoms with Crippen LogP contribution < -0.4 is 9.56 Å². The summed E-state index contributed by atoms with van der Waals surface area (Å²) in [6.45, 7) is 0.245. The number of halogens is 1. The van der Waals surface area contributed by atoms with Gasteiger partial charge in [0, 0.05) is 12.1 Å². The third kappa shape index (κ3) is 2.51. The molecular formula is C15H14ClN2O2P. The number of para-hydroxylation sites is 1. The summed E-state index contributed by atoms with van der Waals surface area (Å²) in [5, 5.41) is 0.571. The summed E-state index contributed by atoms with van der Waals surface area (Å²) in [5.41, 5.74) is 2.07. The van der Waals surface area contributed by atoms with Gasteiger partial charge >= 0.3 is 0 Å². The van der Waals surface area contributed by atoms with E-state index in [1.165, 1.54) is 4.67 Å². The first-order chi connectivity index (χ1) is 10.1. The van der Waals surface area contributed by atoms with Crippen LogP contribution in [0.5, 0.6) is 0 Å². The molecule has 1 aliphatic rings. The molecule has 0 bridgehead atoms. The van der Waals surface area contributed by atoms with Crippen LogP contribution >= 0.6 is 20.1 Å². The Balaban J connectivity index is 1.97.